The molecule has 0 bridgehead atoms. The van der Waals surface area contributed by atoms with Crippen molar-refractivity contribution in [1.29, 1.82) is 0 Å². The van der Waals surface area contributed by atoms with Gasteiger partial charge in [0.05, 0.1) is 24.7 Å². The Bertz CT molecular complexity index is 692. The second-order valence-electron chi connectivity index (χ2n) is 6.93. The molecule has 8 heteroatoms. The molecule has 4 rings (SSSR count). The van der Waals surface area contributed by atoms with Crippen LogP contribution in [0.4, 0.5) is 18.9 Å². The fourth-order valence-electron chi connectivity index (χ4n) is 4.10. The fraction of sp³-hybridized carbons (Fsp3) is 0.611. The number of benzene rings is 1. The van der Waals surface area contributed by atoms with Crippen LogP contribution in [0.15, 0.2) is 18.2 Å². The first-order valence-electron chi connectivity index (χ1n) is 8.86. The van der Waals surface area contributed by atoms with Crippen LogP contribution in [-0.4, -0.2) is 61.2 Å². The summed E-state index contributed by atoms with van der Waals surface area (Å²) in [5.74, 6) is 1.52. The summed E-state index contributed by atoms with van der Waals surface area (Å²) < 4.78 is 44.7. The molecule has 4 nitrogen and oxygen atoms in total. The van der Waals surface area contributed by atoms with Gasteiger partial charge in [0, 0.05) is 42.9 Å². The van der Waals surface area contributed by atoms with Gasteiger partial charge in [0.15, 0.2) is 0 Å². The Labute approximate surface area is 154 Å². The summed E-state index contributed by atoms with van der Waals surface area (Å²) in [6.45, 7) is 2.93. The summed E-state index contributed by atoms with van der Waals surface area (Å²) in [6, 6.07) is 4.01. The number of ether oxygens (including phenoxy) is 1. The summed E-state index contributed by atoms with van der Waals surface area (Å²) in [5, 5.41) is 0. The number of alkyl halides is 3. The summed E-state index contributed by atoms with van der Waals surface area (Å²) in [5.41, 5.74) is 0.850. The SMILES string of the molecule is O=C(C1Cc2cc(C(F)(F)F)ccc2N2CCSCC12)N1CCOCC1. The van der Waals surface area contributed by atoms with Gasteiger partial charge < -0.3 is 14.5 Å². The van der Waals surface area contributed by atoms with E-state index in [0.717, 1.165) is 29.8 Å². The van der Waals surface area contributed by atoms with Gasteiger partial charge >= 0.3 is 6.18 Å². The van der Waals surface area contributed by atoms with Crippen molar-refractivity contribution < 1.29 is 22.7 Å². The second kappa shape index (κ2) is 6.96. The molecule has 26 heavy (non-hydrogen) atoms. The predicted octanol–water partition coefficient (Wildman–Crippen LogP) is 2.66. The van der Waals surface area contributed by atoms with Crippen LogP contribution >= 0.6 is 11.8 Å². The zero-order chi connectivity index (χ0) is 18.3. The molecule has 3 aliphatic rings. The topological polar surface area (TPSA) is 32.8 Å². The lowest BCUT2D eigenvalue weighted by Gasteiger charge is -2.47. The van der Waals surface area contributed by atoms with Crippen LogP contribution in [0, 0.1) is 5.92 Å². The average molecular weight is 386 g/mol. The molecule has 0 spiro atoms. The Kier molecular flexibility index (Phi) is 4.81. The zero-order valence-corrected chi connectivity index (χ0v) is 15.1. The number of carbonyl (C=O) groups is 1. The first-order valence-corrected chi connectivity index (χ1v) is 10.0. The number of fused-ring (bicyclic) bond motifs is 3. The van der Waals surface area contributed by atoms with Gasteiger partial charge in [0.2, 0.25) is 5.91 Å². The third kappa shape index (κ3) is 3.29. The highest BCUT2D eigenvalue weighted by molar-refractivity contribution is 7.99. The molecule has 0 radical (unpaired) electrons. The number of carbonyl (C=O) groups excluding carboxylic acids is 1. The molecule has 3 heterocycles. The zero-order valence-electron chi connectivity index (χ0n) is 14.3. The van der Waals surface area contributed by atoms with Crippen molar-refractivity contribution in [3.63, 3.8) is 0 Å². The molecule has 1 amide bonds. The van der Waals surface area contributed by atoms with E-state index >= 15 is 0 Å². The van der Waals surface area contributed by atoms with Crippen molar-refractivity contribution in [2.75, 3.05) is 49.3 Å². The first-order chi connectivity index (χ1) is 12.4. The van der Waals surface area contributed by atoms with Gasteiger partial charge in [-0.15, -0.1) is 0 Å². The van der Waals surface area contributed by atoms with Crippen LogP contribution in [0.3, 0.4) is 0 Å². The highest BCUT2D eigenvalue weighted by atomic mass is 32.2. The number of halogens is 3. The van der Waals surface area contributed by atoms with E-state index < -0.39 is 11.7 Å². The molecule has 0 aromatic heterocycles. The standard InChI is InChI=1S/C18H21F3N2O2S/c19-18(20,21)13-1-2-15-12(9-13)10-14(16-11-26-8-5-23(15)16)17(24)22-3-6-25-7-4-22/h1-2,9,14,16H,3-8,10-11H2. The number of morpholine rings is 1. The second-order valence-corrected chi connectivity index (χ2v) is 8.08. The van der Waals surface area contributed by atoms with Crippen molar-refractivity contribution in [1.82, 2.24) is 4.90 Å². The molecule has 2 atom stereocenters. The predicted molar refractivity (Wildman–Crippen MR) is 94.5 cm³/mol. The molecule has 142 valence electrons. The number of nitrogens with zero attached hydrogens (tertiary/aromatic N) is 2. The highest BCUT2D eigenvalue weighted by Gasteiger charge is 2.42. The quantitative estimate of drug-likeness (QED) is 0.743. The maximum Gasteiger partial charge on any atom is 0.416 e. The lowest BCUT2D eigenvalue weighted by atomic mass is 9.84. The number of hydrogen-bond acceptors (Lipinski definition) is 4. The first kappa shape index (κ1) is 18.0. The summed E-state index contributed by atoms with van der Waals surface area (Å²) >= 11 is 1.81. The van der Waals surface area contributed by atoms with Gasteiger partial charge in [-0.1, -0.05) is 0 Å². The Hall–Kier alpha value is -1.41. The van der Waals surface area contributed by atoms with Crippen molar-refractivity contribution in [2.24, 2.45) is 5.92 Å². The van der Waals surface area contributed by atoms with Crippen LogP contribution in [0.2, 0.25) is 0 Å². The van der Waals surface area contributed by atoms with Crippen LogP contribution in [0.25, 0.3) is 0 Å². The molecule has 0 aliphatic carbocycles. The molecule has 0 saturated carbocycles. The van der Waals surface area contributed by atoms with Crippen molar-refractivity contribution in [2.45, 2.75) is 18.6 Å². The van der Waals surface area contributed by atoms with Crippen LogP contribution < -0.4 is 4.90 Å². The molecule has 1 aromatic rings. The van der Waals surface area contributed by atoms with E-state index in [9.17, 15) is 18.0 Å². The van der Waals surface area contributed by atoms with E-state index in [2.05, 4.69) is 4.90 Å². The van der Waals surface area contributed by atoms with Gasteiger partial charge in [-0.25, -0.2) is 0 Å². The molecule has 2 unspecified atom stereocenters. The highest BCUT2D eigenvalue weighted by Crippen LogP contribution is 2.41. The lowest BCUT2D eigenvalue weighted by molar-refractivity contribution is -0.140. The smallest absolute Gasteiger partial charge is 0.378 e. The minimum absolute atomic E-state index is 0.0494. The lowest BCUT2D eigenvalue weighted by Crippen LogP contribution is -2.56. The molecule has 2 saturated heterocycles. The molecule has 1 aromatic carbocycles. The summed E-state index contributed by atoms with van der Waals surface area (Å²) in [4.78, 5) is 17.1. The van der Waals surface area contributed by atoms with E-state index in [0.29, 0.717) is 38.3 Å². The summed E-state index contributed by atoms with van der Waals surface area (Å²) in [7, 11) is 0. The monoisotopic (exact) mass is 386 g/mol. The third-order valence-corrected chi connectivity index (χ3v) is 6.47. The maximum atomic E-state index is 13.1. The van der Waals surface area contributed by atoms with Gasteiger partial charge in [-0.05, 0) is 30.2 Å². The largest absolute Gasteiger partial charge is 0.416 e. The van der Waals surface area contributed by atoms with Gasteiger partial charge in [0.1, 0.15) is 0 Å². The molecular formula is C18H21F3N2O2S. The van der Waals surface area contributed by atoms with Crippen LogP contribution in [0.1, 0.15) is 11.1 Å². The van der Waals surface area contributed by atoms with E-state index in [-0.39, 0.29) is 17.9 Å². The van der Waals surface area contributed by atoms with E-state index in [4.69, 9.17) is 4.74 Å². The van der Waals surface area contributed by atoms with E-state index in [1.165, 1.54) is 6.07 Å². The Balaban J connectivity index is 1.67. The molecule has 3 aliphatic heterocycles. The van der Waals surface area contributed by atoms with E-state index in [1.807, 2.05) is 16.7 Å². The van der Waals surface area contributed by atoms with E-state index in [1.54, 1.807) is 6.07 Å². The van der Waals surface area contributed by atoms with Gasteiger partial charge in [-0.2, -0.15) is 24.9 Å². The number of thioether (sulfide) groups is 1. The number of hydrogen-bond donors (Lipinski definition) is 0. The third-order valence-electron chi connectivity index (χ3n) is 5.43. The minimum atomic E-state index is -4.37. The maximum absolute atomic E-state index is 13.1. The molecule has 2 fully saturated rings. The minimum Gasteiger partial charge on any atom is -0.378 e. The molecular weight excluding hydrogens is 365 g/mol. The Morgan fingerprint density at radius 3 is 2.69 bits per heavy atom. The van der Waals surface area contributed by atoms with Gasteiger partial charge in [-0.3, -0.25) is 4.79 Å². The number of rotatable bonds is 1. The van der Waals surface area contributed by atoms with Crippen LogP contribution in [0.5, 0.6) is 0 Å². The van der Waals surface area contributed by atoms with Gasteiger partial charge in [0.25, 0.3) is 0 Å². The number of amides is 1. The van der Waals surface area contributed by atoms with Crippen LogP contribution in [-0.2, 0) is 22.1 Å². The number of anilines is 1. The van der Waals surface area contributed by atoms with Crippen molar-refractivity contribution in [3.8, 4) is 0 Å². The Morgan fingerprint density at radius 2 is 1.96 bits per heavy atom. The Morgan fingerprint density at radius 1 is 1.19 bits per heavy atom. The normalized spacial score (nSPS) is 26.3. The fourth-order valence-corrected chi connectivity index (χ4v) is 5.25. The molecule has 0 N–H and O–H groups in total. The average Bonchev–Trinajstić information content (AvgIpc) is 2.66. The van der Waals surface area contributed by atoms with Crippen molar-refractivity contribution >= 4 is 23.4 Å². The van der Waals surface area contributed by atoms with Crippen molar-refractivity contribution in [3.05, 3.63) is 29.3 Å². The summed E-state index contributed by atoms with van der Waals surface area (Å²) in [6.07, 6.45) is -4.00.